The lowest BCUT2D eigenvalue weighted by Crippen LogP contribution is -2.46. The summed E-state index contributed by atoms with van der Waals surface area (Å²) in [5, 5.41) is 0. The number of piperidine rings is 1. The minimum Gasteiger partial charge on any atom is -0.298 e. The predicted octanol–water partition coefficient (Wildman–Crippen LogP) is 1.63. The normalized spacial score (nSPS) is 16.9. The molecule has 1 aliphatic heterocycles. The first-order valence-corrected chi connectivity index (χ1v) is 11.4. The van der Waals surface area contributed by atoms with Gasteiger partial charge in [0.1, 0.15) is 0 Å². The first-order chi connectivity index (χ1) is 12.8. The molecule has 1 heterocycles. The summed E-state index contributed by atoms with van der Waals surface area (Å²) in [6, 6.07) is 13.7. The minimum absolute atomic E-state index is 0.0247. The molecule has 0 saturated carbocycles. The van der Waals surface area contributed by atoms with Crippen LogP contribution in [0.15, 0.2) is 64.4 Å². The van der Waals surface area contributed by atoms with Crippen molar-refractivity contribution in [3.05, 3.63) is 60.2 Å². The molecule has 0 spiro atoms. The summed E-state index contributed by atoms with van der Waals surface area (Å²) in [4.78, 5) is 11.3. The number of aldehydes is 1. The van der Waals surface area contributed by atoms with Crippen molar-refractivity contribution < 1.29 is 21.6 Å². The second kappa shape index (κ2) is 7.89. The van der Waals surface area contributed by atoms with Crippen LogP contribution in [0.2, 0.25) is 0 Å². The number of nitrogens with one attached hydrogen (secondary N) is 1. The van der Waals surface area contributed by atoms with Gasteiger partial charge in [0, 0.05) is 24.7 Å². The summed E-state index contributed by atoms with van der Waals surface area (Å²) >= 11 is 0. The van der Waals surface area contributed by atoms with Crippen molar-refractivity contribution in [2.24, 2.45) is 0 Å². The van der Waals surface area contributed by atoms with E-state index in [1.807, 2.05) is 0 Å². The molecule has 0 amide bonds. The summed E-state index contributed by atoms with van der Waals surface area (Å²) in [7, 11) is -7.44. The molecule has 2 aromatic carbocycles. The van der Waals surface area contributed by atoms with Gasteiger partial charge in [0.05, 0.1) is 9.79 Å². The van der Waals surface area contributed by atoms with Crippen LogP contribution in [0, 0.1) is 0 Å². The van der Waals surface area contributed by atoms with E-state index in [0.29, 0.717) is 19.1 Å². The fraction of sp³-hybridized carbons (Fsp3) is 0.278. The Hall–Kier alpha value is -2.07. The molecule has 0 atom stereocenters. The third-order valence-electron chi connectivity index (χ3n) is 4.49. The third-order valence-corrected chi connectivity index (χ3v) is 8.00. The Morgan fingerprint density at radius 1 is 0.889 bits per heavy atom. The fourth-order valence-corrected chi connectivity index (χ4v) is 6.01. The summed E-state index contributed by atoms with van der Waals surface area (Å²) in [6.07, 6.45) is 1.23. The van der Waals surface area contributed by atoms with E-state index < -0.39 is 20.0 Å². The van der Waals surface area contributed by atoms with Gasteiger partial charge in [0.2, 0.25) is 20.0 Å². The maximum absolute atomic E-state index is 12.8. The van der Waals surface area contributed by atoms with Gasteiger partial charge < -0.3 is 0 Å². The second-order valence-corrected chi connectivity index (χ2v) is 9.89. The van der Waals surface area contributed by atoms with E-state index in [1.165, 1.54) is 28.6 Å². The molecule has 9 heteroatoms. The van der Waals surface area contributed by atoms with Crippen LogP contribution in [0.4, 0.5) is 0 Å². The third kappa shape index (κ3) is 4.27. The van der Waals surface area contributed by atoms with Gasteiger partial charge in [-0.2, -0.15) is 4.31 Å². The van der Waals surface area contributed by atoms with Crippen LogP contribution in [-0.2, 0) is 20.0 Å². The van der Waals surface area contributed by atoms with Gasteiger partial charge in [-0.3, -0.25) is 4.79 Å². The standard InChI is InChI=1S/C18H20N2O5S2/c21-14-15-6-4-5-9-18(15)27(24,25)20-12-10-16(11-13-20)19-26(22,23)17-7-2-1-3-8-17/h1-9,14,16,19H,10-13H2. The highest BCUT2D eigenvalue weighted by atomic mass is 32.2. The van der Waals surface area contributed by atoms with Crippen molar-refractivity contribution in [2.45, 2.75) is 28.7 Å². The van der Waals surface area contributed by atoms with Gasteiger partial charge in [0.15, 0.2) is 6.29 Å². The predicted molar refractivity (Wildman–Crippen MR) is 100 cm³/mol. The molecule has 0 aromatic heterocycles. The molecule has 1 fully saturated rings. The Labute approximate surface area is 159 Å². The number of carbonyl (C=O) groups is 1. The molecule has 2 aromatic rings. The van der Waals surface area contributed by atoms with Crippen LogP contribution in [0.25, 0.3) is 0 Å². The van der Waals surface area contributed by atoms with Gasteiger partial charge in [-0.05, 0) is 31.0 Å². The molecule has 144 valence electrons. The molecule has 3 rings (SSSR count). The number of hydrogen-bond donors (Lipinski definition) is 1. The monoisotopic (exact) mass is 408 g/mol. The molecule has 7 nitrogen and oxygen atoms in total. The van der Waals surface area contributed by atoms with Crippen LogP contribution in [0.1, 0.15) is 23.2 Å². The molecular formula is C18H20N2O5S2. The van der Waals surface area contributed by atoms with E-state index in [1.54, 1.807) is 30.3 Å². The zero-order chi connectivity index (χ0) is 19.5. The molecule has 1 saturated heterocycles. The number of rotatable bonds is 6. The van der Waals surface area contributed by atoms with Gasteiger partial charge in [0.25, 0.3) is 0 Å². The van der Waals surface area contributed by atoms with E-state index in [2.05, 4.69) is 4.72 Å². The zero-order valence-corrected chi connectivity index (χ0v) is 16.1. The lowest BCUT2D eigenvalue weighted by atomic mass is 10.1. The highest BCUT2D eigenvalue weighted by Gasteiger charge is 2.32. The van der Waals surface area contributed by atoms with Gasteiger partial charge in [-0.1, -0.05) is 36.4 Å². The Balaban J connectivity index is 1.69. The van der Waals surface area contributed by atoms with Gasteiger partial charge >= 0.3 is 0 Å². The molecule has 27 heavy (non-hydrogen) atoms. The summed E-state index contributed by atoms with van der Waals surface area (Å²) in [6.45, 7) is 0.356. The summed E-state index contributed by atoms with van der Waals surface area (Å²) in [5.74, 6) is 0. The molecule has 0 aliphatic carbocycles. The van der Waals surface area contributed by atoms with Crippen molar-refractivity contribution in [1.29, 1.82) is 0 Å². The lowest BCUT2D eigenvalue weighted by Gasteiger charge is -2.31. The van der Waals surface area contributed by atoms with E-state index in [4.69, 9.17) is 0 Å². The number of hydrogen-bond acceptors (Lipinski definition) is 5. The maximum atomic E-state index is 12.8. The van der Waals surface area contributed by atoms with Crippen LogP contribution < -0.4 is 4.72 Å². The second-order valence-electron chi connectivity index (χ2n) is 6.27. The van der Waals surface area contributed by atoms with Crippen molar-refractivity contribution >= 4 is 26.3 Å². The molecular weight excluding hydrogens is 388 g/mol. The Morgan fingerprint density at radius 2 is 1.48 bits per heavy atom. The average Bonchev–Trinajstić information content (AvgIpc) is 2.69. The fourth-order valence-electron chi connectivity index (χ4n) is 3.05. The molecule has 0 unspecified atom stereocenters. The zero-order valence-electron chi connectivity index (χ0n) is 14.5. The van der Waals surface area contributed by atoms with Crippen molar-refractivity contribution in [1.82, 2.24) is 9.03 Å². The maximum Gasteiger partial charge on any atom is 0.243 e. The van der Waals surface area contributed by atoms with E-state index in [0.717, 1.165) is 0 Å². The van der Waals surface area contributed by atoms with E-state index >= 15 is 0 Å². The average molecular weight is 409 g/mol. The quantitative estimate of drug-likeness (QED) is 0.732. The van der Waals surface area contributed by atoms with E-state index in [-0.39, 0.29) is 34.5 Å². The van der Waals surface area contributed by atoms with Crippen molar-refractivity contribution in [2.75, 3.05) is 13.1 Å². The Morgan fingerprint density at radius 3 is 2.11 bits per heavy atom. The first-order valence-electron chi connectivity index (χ1n) is 8.46. The number of sulfonamides is 2. The van der Waals surface area contributed by atoms with Crippen LogP contribution >= 0.6 is 0 Å². The van der Waals surface area contributed by atoms with Crippen LogP contribution in [0.5, 0.6) is 0 Å². The number of benzene rings is 2. The highest BCUT2D eigenvalue weighted by molar-refractivity contribution is 7.89. The molecule has 0 bridgehead atoms. The molecule has 0 radical (unpaired) electrons. The minimum atomic E-state index is -3.80. The SMILES string of the molecule is O=Cc1ccccc1S(=O)(=O)N1CCC(NS(=O)(=O)c2ccccc2)CC1. The Bertz CT molecular complexity index is 1010. The van der Waals surface area contributed by atoms with Crippen molar-refractivity contribution in [3.8, 4) is 0 Å². The topological polar surface area (TPSA) is 101 Å². The Kier molecular flexibility index (Phi) is 5.75. The number of carbonyl (C=O) groups excluding carboxylic acids is 1. The summed E-state index contributed by atoms with van der Waals surface area (Å²) in [5.41, 5.74) is 0.115. The lowest BCUT2D eigenvalue weighted by molar-refractivity contribution is 0.112. The first kappa shape index (κ1) is 19.7. The molecule has 1 N–H and O–H groups in total. The van der Waals surface area contributed by atoms with Crippen molar-refractivity contribution in [3.63, 3.8) is 0 Å². The summed E-state index contributed by atoms with van der Waals surface area (Å²) < 4.78 is 54.4. The highest BCUT2D eigenvalue weighted by Crippen LogP contribution is 2.23. The van der Waals surface area contributed by atoms with Crippen LogP contribution in [-0.4, -0.2) is 46.6 Å². The largest absolute Gasteiger partial charge is 0.298 e. The van der Waals surface area contributed by atoms with E-state index in [9.17, 15) is 21.6 Å². The number of nitrogens with zero attached hydrogens (tertiary/aromatic N) is 1. The smallest absolute Gasteiger partial charge is 0.243 e. The van der Waals surface area contributed by atoms with Gasteiger partial charge in [-0.15, -0.1) is 0 Å². The molecule has 1 aliphatic rings. The van der Waals surface area contributed by atoms with Gasteiger partial charge in [-0.25, -0.2) is 21.6 Å². The van der Waals surface area contributed by atoms with Crippen LogP contribution in [0.3, 0.4) is 0 Å².